The van der Waals surface area contributed by atoms with Crippen LogP contribution in [0, 0.1) is 0 Å². The number of rotatable bonds is 5. The lowest BCUT2D eigenvalue weighted by Gasteiger charge is -2.14. The van der Waals surface area contributed by atoms with Crippen LogP contribution in [0.3, 0.4) is 0 Å². The van der Waals surface area contributed by atoms with E-state index >= 15 is 0 Å². The molecule has 0 aliphatic rings. The van der Waals surface area contributed by atoms with Crippen LogP contribution < -0.4 is 0 Å². The van der Waals surface area contributed by atoms with Crippen molar-refractivity contribution in [2.24, 2.45) is 0 Å². The van der Waals surface area contributed by atoms with Gasteiger partial charge in [-0.05, 0) is 92.0 Å². The van der Waals surface area contributed by atoms with Crippen LogP contribution in [-0.4, -0.2) is 19.5 Å². The molecule has 3 aromatic heterocycles. The highest BCUT2D eigenvalue weighted by Crippen LogP contribution is 2.42. The Balaban J connectivity index is 1.03. The smallest absolute Gasteiger partial charge is 0.164 e. The zero-order chi connectivity index (χ0) is 40.7. The quantitative estimate of drug-likeness (QED) is 0.174. The van der Waals surface area contributed by atoms with Gasteiger partial charge in [0.15, 0.2) is 17.5 Å². The molecule has 3 heterocycles. The first kappa shape index (κ1) is 34.5. The molecule has 0 radical (unpaired) electrons. The Bertz CT molecular complexity index is 3920. The normalized spacial score (nSPS) is 11.9. The van der Waals surface area contributed by atoms with E-state index in [4.69, 9.17) is 19.4 Å². The number of hydrogen-bond donors (Lipinski definition) is 0. The molecular formula is C57H34N4O. The molecule has 0 unspecified atom stereocenters. The molecule has 0 spiro atoms. The lowest BCUT2D eigenvalue weighted by molar-refractivity contribution is 0.669. The summed E-state index contributed by atoms with van der Waals surface area (Å²) in [5, 5.41) is 11.5. The Morgan fingerprint density at radius 3 is 1.74 bits per heavy atom. The van der Waals surface area contributed by atoms with Crippen LogP contribution in [0.2, 0.25) is 0 Å². The first-order valence-corrected chi connectivity index (χ1v) is 20.9. The maximum Gasteiger partial charge on any atom is 0.164 e. The number of hydrogen-bond acceptors (Lipinski definition) is 4. The second kappa shape index (κ2) is 13.6. The molecule has 0 bridgehead atoms. The lowest BCUT2D eigenvalue weighted by atomic mass is 9.97. The summed E-state index contributed by atoms with van der Waals surface area (Å²) in [6, 6.07) is 72.9. The molecule has 0 aliphatic carbocycles. The zero-order valence-corrected chi connectivity index (χ0v) is 33.3. The van der Waals surface area contributed by atoms with E-state index < -0.39 is 0 Å². The summed E-state index contributed by atoms with van der Waals surface area (Å²) in [4.78, 5) is 15.6. The summed E-state index contributed by atoms with van der Waals surface area (Å²) < 4.78 is 9.07. The van der Waals surface area contributed by atoms with Crippen LogP contribution in [0.25, 0.3) is 127 Å². The minimum Gasteiger partial charge on any atom is -0.456 e. The third-order valence-electron chi connectivity index (χ3n) is 12.4. The average Bonchev–Trinajstić information content (AvgIpc) is 3.88. The Morgan fingerprint density at radius 1 is 0.323 bits per heavy atom. The van der Waals surface area contributed by atoms with Crippen LogP contribution in [-0.2, 0) is 0 Å². The van der Waals surface area contributed by atoms with Gasteiger partial charge in [0, 0.05) is 43.9 Å². The molecule has 62 heavy (non-hydrogen) atoms. The van der Waals surface area contributed by atoms with Gasteiger partial charge < -0.3 is 8.98 Å². The van der Waals surface area contributed by atoms with Crippen LogP contribution in [0.15, 0.2) is 211 Å². The first-order chi connectivity index (χ1) is 30.7. The monoisotopic (exact) mass is 790 g/mol. The molecule has 13 rings (SSSR count). The van der Waals surface area contributed by atoms with Crippen molar-refractivity contribution >= 4 is 76.1 Å². The minimum atomic E-state index is 0.580. The molecule has 0 atom stereocenters. The number of furan rings is 1. The van der Waals surface area contributed by atoms with Crippen molar-refractivity contribution in [1.29, 1.82) is 0 Å². The molecule has 0 saturated carbocycles. The number of aromatic nitrogens is 4. The van der Waals surface area contributed by atoms with Gasteiger partial charge in [0.2, 0.25) is 0 Å². The first-order valence-electron chi connectivity index (χ1n) is 20.9. The van der Waals surface area contributed by atoms with Crippen molar-refractivity contribution in [2.45, 2.75) is 0 Å². The molecule has 0 saturated heterocycles. The highest BCUT2D eigenvalue weighted by Gasteiger charge is 2.21. The lowest BCUT2D eigenvalue weighted by Crippen LogP contribution is -2.01. The molecule has 10 aromatic carbocycles. The second-order valence-electron chi connectivity index (χ2n) is 16.0. The van der Waals surface area contributed by atoms with Crippen LogP contribution >= 0.6 is 0 Å². The van der Waals surface area contributed by atoms with E-state index in [0.717, 1.165) is 77.2 Å². The highest BCUT2D eigenvalue weighted by atomic mass is 16.3. The Kier molecular flexibility index (Phi) is 7.54. The van der Waals surface area contributed by atoms with Gasteiger partial charge in [0.1, 0.15) is 11.2 Å². The Labute approximate surface area is 355 Å². The third kappa shape index (κ3) is 5.45. The van der Waals surface area contributed by atoms with E-state index in [1.165, 1.54) is 32.3 Å². The summed E-state index contributed by atoms with van der Waals surface area (Å²) in [5.74, 6) is 1.79. The van der Waals surface area contributed by atoms with Gasteiger partial charge in [0.25, 0.3) is 0 Å². The molecule has 0 N–H and O–H groups in total. The Hall–Kier alpha value is -8.41. The van der Waals surface area contributed by atoms with Gasteiger partial charge >= 0.3 is 0 Å². The summed E-state index contributed by atoms with van der Waals surface area (Å²) in [6.07, 6.45) is 0. The predicted octanol–water partition coefficient (Wildman–Crippen LogP) is 15.0. The predicted molar refractivity (Wildman–Crippen MR) is 256 cm³/mol. The number of fused-ring (bicyclic) bond motifs is 10. The van der Waals surface area contributed by atoms with Gasteiger partial charge in [-0.1, -0.05) is 158 Å². The number of para-hydroxylation sites is 2. The summed E-state index contributed by atoms with van der Waals surface area (Å²) in [5.41, 5.74) is 9.99. The molecule has 13 aromatic rings. The standard InChI is InChI=1S/C57H34N4O/c1-2-13-37(14-3-1)55-58-56(38-25-22-36(23-26-38)42-27-24-35-12-4-5-15-39(35)30-42)60-57(59-55)49-34-53-54(46-19-9-11-21-52(46)62-53)48-33-43(28-29-44(48)49)61-50-20-10-8-18-45(50)47-31-40-16-6-7-17-41(40)32-51(47)61/h1-34H. The summed E-state index contributed by atoms with van der Waals surface area (Å²) in [7, 11) is 0. The minimum absolute atomic E-state index is 0.580. The summed E-state index contributed by atoms with van der Waals surface area (Å²) >= 11 is 0. The van der Waals surface area contributed by atoms with Gasteiger partial charge in [-0.3, -0.25) is 0 Å². The van der Waals surface area contributed by atoms with Gasteiger partial charge in [-0.2, -0.15) is 0 Å². The number of benzene rings is 10. The maximum atomic E-state index is 6.68. The topological polar surface area (TPSA) is 56.7 Å². The van der Waals surface area contributed by atoms with E-state index in [0.29, 0.717) is 17.5 Å². The van der Waals surface area contributed by atoms with E-state index in [1.807, 2.05) is 42.5 Å². The van der Waals surface area contributed by atoms with Crippen molar-refractivity contribution in [1.82, 2.24) is 19.5 Å². The molecule has 0 fully saturated rings. The fraction of sp³-hybridized carbons (Fsp3) is 0. The average molecular weight is 791 g/mol. The van der Waals surface area contributed by atoms with Crippen molar-refractivity contribution < 1.29 is 4.42 Å². The van der Waals surface area contributed by atoms with E-state index in [1.54, 1.807) is 0 Å². The van der Waals surface area contributed by atoms with Crippen LogP contribution in [0.4, 0.5) is 0 Å². The van der Waals surface area contributed by atoms with Crippen molar-refractivity contribution in [3.63, 3.8) is 0 Å². The second-order valence-corrected chi connectivity index (χ2v) is 16.0. The van der Waals surface area contributed by atoms with Crippen molar-refractivity contribution in [2.75, 3.05) is 0 Å². The van der Waals surface area contributed by atoms with E-state index in [9.17, 15) is 0 Å². The van der Waals surface area contributed by atoms with Crippen molar-refractivity contribution in [3.05, 3.63) is 206 Å². The molecule has 5 nitrogen and oxygen atoms in total. The fourth-order valence-electron chi connectivity index (χ4n) is 9.41. The van der Waals surface area contributed by atoms with Crippen LogP contribution in [0.1, 0.15) is 0 Å². The number of nitrogens with zero attached hydrogens (tertiary/aromatic N) is 4. The Morgan fingerprint density at radius 2 is 0.935 bits per heavy atom. The van der Waals surface area contributed by atoms with E-state index in [-0.39, 0.29) is 0 Å². The highest BCUT2D eigenvalue weighted by molar-refractivity contribution is 6.22. The van der Waals surface area contributed by atoms with Crippen LogP contribution in [0.5, 0.6) is 0 Å². The molecule has 5 heteroatoms. The molecule has 288 valence electrons. The zero-order valence-electron chi connectivity index (χ0n) is 33.3. The largest absolute Gasteiger partial charge is 0.456 e. The van der Waals surface area contributed by atoms with Gasteiger partial charge in [-0.25, -0.2) is 15.0 Å². The van der Waals surface area contributed by atoms with Gasteiger partial charge in [0.05, 0.1) is 11.0 Å². The maximum absolute atomic E-state index is 6.68. The third-order valence-corrected chi connectivity index (χ3v) is 12.4. The molecular weight excluding hydrogens is 757 g/mol. The van der Waals surface area contributed by atoms with E-state index in [2.05, 4.69) is 168 Å². The fourth-order valence-corrected chi connectivity index (χ4v) is 9.41. The van der Waals surface area contributed by atoms with Crippen molar-refractivity contribution in [3.8, 4) is 51.0 Å². The molecule has 0 aliphatic heterocycles. The molecule has 0 amide bonds. The summed E-state index contributed by atoms with van der Waals surface area (Å²) in [6.45, 7) is 0. The SMILES string of the molecule is c1ccc(-c2nc(-c3ccc(-c4ccc5ccccc5c4)cc3)nc(-c3cc4oc5ccccc5c4c4cc(-n5c6ccccc6c6cc7ccccc7cc65)ccc34)n2)cc1. The van der Waals surface area contributed by atoms with Gasteiger partial charge in [-0.15, -0.1) is 0 Å².